The van der Waals surface area contributed by atoms with Gasteiger partial charge in [0, 0.05) is 5.56 Å². The van der Waals surface area contributed by atoms with Crippen molar-refractivity contribution in [2.24, 2.45) is 0 Å². The number of carbonyl (C=O) groups is 1. The van der Waals surface area contributed by atoms with E-state index in [0.29, 0.717) is 5.56 Å². The van der Waals surface area contributed by atoms with E-state index in [9.17, 15) is 4.79 Å². The first kappa shape index (κ1) is 13.0. The zero-order valence-corrected chi connectivity index (χ0v) is 10.1. The molecule has 0 N–H and O–H groups in total. The SMILES string of the molecule is CC.O=Cc1ccc(Oc2ccccc2)cc1. The molecule has 0 radical (unpaired) electrons. The average Bonchev–Trinajstić information content (AvgIpc) is 2.43. The molecule has 0 aliphatic rings. The van der Waals surface area contributed by atoms with Crippen molar-refractivity contribution in [3.05, 3.63) is 60.2 Å². The molecule has 0 saturated carbocycles. The Kier molecular flexibility index (Phi) is 5.52. The lowest BCUT2D eigenvalue weighted by atomic mass is 10.2. The van der Waals surface area contributed by atoms with Crippen LogP contribution in [-0.2, 0) is 0 Å². The van der Waals surface area contributed by atoms with Crippen LogP contribution in [0.3, 0.4) is 0 Å². The molecule has 0 saturated heterocycles. The van der Waals surface area contributed by atoms with Crippen LogP contribution >= 0.6 is 0 Å². The summed E-state index contributed by atoms with van der Waals surface area (Å²) in [6.07, 6.45) is 0.812. The summed E-state index contributed by atoms with van der Waals surface area (Å²) < 4.78 is 5.56. The largest absolute Gasteiger partial charge is 0.457 e. The Hall–Kier alpha value is -2.09. The van der Waals surface area contributed by atoms with Crippen LogP contribution in [0.4, 0.5) is 0 Å². The Balaban J connectivity index is 0.000000686. The van der Waals surface area contributed by atoms with Gasteiger partial charge in [-0.25, -0.2) is 0 Å². The number of aldehydes is 1. The minimum Gasteiger partial charge on any atom is -0.457 e. The van der Waals surface area contributed by atoms with E-state index in [2.05, 4.69) is 0 Å². The van der Waals surface area contributed by atoms with Gasteiger partial charge in [0.1, 0.15) is 17.8 Å². The van der Waals surface area contributed by atoms with Crippen molar-refractivity contribution in [1.82, 2.24) is 0 Å². The predicted octanol–water partition coefficient (Wildman–Crippen LogP) is 4.32. The molecule has 0 atom stereocenters. The van der Waals surface area contributed by atoms with E-state index in [0.717, 1.165) is 17.8 Å². The summed E-state index contributed by atoms with van der Waals surface area (Å²) in [5, 5.41) is 0. The fraction of sp³-hybridized carbons (Fsp3) is 0.133. The summed E-state index contributed by atoms with van der Waals surface area (Å²) in [7, 11) is 0. The smallest absolute Gasteiger partial charge is 0.150 e. The monoisotopic (exact) mass is 228 g/mol. The maximum absolute atomic E-state index is 10.4. The van der Waals surface area contributed by atoms with Crippen molar-refractivity contribution in [3.8, 4) is 11.5 Å². The van der Waals surface area contributed by atoms with Crippen molar-refractivity contribution in [3.63, 3.8) is 0 Å². The van der Waals surface area contributed by atoms with Gasteiger partial charge in [0.2, 0.25) is 0 Å². The van der Waals surface area contributed by atoms with Crippen LogP contribution in [0, 0.1) is 0 Å². The zero-order chi connectivity index (χ0) is 12.5. The van der Waals surface area contributed by atoms with E-state index in [-0.39, 0.29) is 0 Å². The molecule has 2 rings (SSSR count). The van der Waals surface area contributed by atoms with E-state index in [1.54, 1.807) is 24.3 Å². The Morgan fingerprint density at radius 1 is 0.824 bits per heavy atom. The standard InChI is InChI=1S/C13H10O2.C2H6/c14-10-11-6-8-13(9-7-11)15-12-4-2-1-3-5-12;1-2/h1-10H;1-2H3. The highest BCUT2D eigenvalue weighted by molar-refractivity contribution is 5.74. The molecular formula is C15H16O2. The maximum Gasteiger partial charge on any atom is 0.150 e. The van der Waals surface area contributed by atoms with Gasteiger partial charge in [0.25, 0.3) is 0 Å². The van der Waals surface area contributed by atoms with Crippen LogP contribution in [0.1, 0.15) is 24.2 Å². The van der Waals surface area contributed by atoms with Gasteiger partial charge in [0.05, 0.1) is 0 Å². The number of hydrogen-bond donors (Lipinski definition) is 0. The molecule has 0 fully saturated rings. The van der Waals surface area contributed by atoms with Gasteiger partial charge in [-0.3, -0.25) is 4.79 Å². The molecule has 0 aliphatic carbocycles. The minimum atomic E-state index is 0.649. The minimum absolute atomic E-state index is 0.649. The van der Waals surface area contributed by atoms with E-state index >= 15 is 0 Å². The summed E-state index contributed by atoms with van der Waals surface area (Å²) in [6, 6.07) is 16.5. The number of carbonyl (C=O) groups excluding carboxylic acids is 1. The molecule has 17 heavy (non-hydrogen) atoms. The Bertz CT molecular complexity index is 432. The third-order valence-electron chi connectivity index (χ3n) is 2.00. The molecule has 0 heterocycles. The molecule has 0 unspecified atom stereocenters. The van der Waals surface area contributed by atoms with Gasteiger partial charge in [-0.15, -0.1) is 0 Å². The highest BCUT2D eigenvalue weighted by Crippen LogP contribution is 2.20. The van der Waals surface area contributed by atoms with Crippen molar-refractivity contribution in [2.75, 3.05) is 0 Å². The molecular weight excluding hydrogens is 212 g/mol. The maximum atomic E-state index is 10.4. The second kappa shape index (κ2) is 7.23. The second-order valence-corrected chi connectivity index (χ2v) is 3.10. The van der Waals surface area contributed by atoms with Gasteiger partial charge in [-0.1, -0.05) is 32.0 Å². The van der Waals surface area contributed by atoms with Gasteiger partial charge < -0.3 is 4.74 Å². The number of benzene rings is 2. The molecule has 88 valence electrons. The van der Waals surface area contributed by atoms with E-state index in [1.807, 2.05) is 44.2 Å². The topological polar surface area (TPSA) is 26.3 Å². The average molecular weight is 228 g/mol. The first-order chi connectivity index (χ1) is 8.38. The van der Waals surface area contributed by atoms with Crippen molar-refractivity contribution < 1.29 is 9.53 Å². The summed E-state index contributed by atoms with van der Waals surface area (Å²) in [6.45, 7) is 4.00. The quantitative estimate of drug-likeness (QED) is 0.731. The van der Waals surface area contributed by atoms with Gasteiger partial charge >= 0.3 is 0 Å². The highest BCUT2D eigenvalue weighted by atomic mass is 16.5. The Morgan fingerprint density at radius 2 is 1.35 bits per heavy atom. The molecule has 2 aromatic rings. The van der Waals surface area contributed by atoms with Gasteiger partial charge in [0.15, 0.2) is 0 Å². The van der Waals surface area contributed by atoms with E-state index < -0.39 is 0 Å². The molecule has 2 nitrogen and oxygen atoms in total. The molecule has 2 aromatic carbocycles. The van der Waals surface area contributed by atoms with Crippen LogP contribution in [0.25, 0.3) is 0 Å². The molecule has 0 aliphatic heterocycles. The normalized spacial score (nSPS) is 8.82. The van der Waals surface area contributed by atoms with Gasteiger partial charge in [-0.2, -0.15) is 0 Å². The van der Waals surface area contributed by atoms with Crippen LogP contribution in [0.15, 0.2) is 54.6 Å². The summed E-state index contributed by atoms with van der Waals surface area (Å²) in [4.78, 5) is 10.4. The summed E-state index contributed by atoms with van der Waals surface area (Å²) in [5.74, 6) is 1.52. The number of ether oxygens (including phenoxy) is 1. The first-order valence-electron chi connectivity index (χ1n) is 5.66. The molecule has 0 aromatic heterocycles. The van der Waals surface area contributed by atoms with Gasteiger partial charge in [-0.05, 0) is 36.4 Å². The Labute approximate surface area is 102 Å². The molecule has 0 bridgehead atoms. The fourth-order valence-corrected chi connectivity index (χ4v) is 1.24. The van der Waals surface area contributed by atoms with Crippen molar-refractivity contribution in [1.29, 1.82) is 0 Å². The predicted molar refractivity (Wildman–Crippen MR) is 69.7 cm³/mol. The van der Waals surface area contributed by atoms with Crippen LogP contribution in [-0.4, -0.2) is 6.29 Å². The van der Waals surface area contributed by atoms with Crippen molar-refractivity contribution in [2.45, 2.75) is 13.8 Å². The summed E-state index contributed by atoms with van der Waals surface area (Å²) in [5.41, 5.74) is 0.649. The lowest BCUT2D eigenvalue weighted by Gasteiger charge is -2.04. The molecule has 0 amide bonds. The summed E-state index contributed by atoms with van der Waals surface area (Å²) >= 11 is 0. The van der Waals surface area contributed by atoms with Crippen LogP contribution in [0.5, 0.6) is 11.5 Å². The third-order valence-corrected chi connectivity index (χ3v) is 2.00. The fourth-order valence-electron chi connectivity index (χ4n) is 1.24. The second-order valence-electron chi connectivity index (χ2n) is 3.10. The number of hydrogen-bond acceptors (Lipinski definition) is 2. The van der Waals surface area contributed by atoms with E-state index in [1.165, 1.54) is 0 Å². The third kappa shape index (κ3) is 4.11. The lowest BCUT2D eigenvalue weighted by Crippen LogP contribution is -1.84. The van der Waals surface area contributed by atoms with Crippen LogP contribution in [0.2, 0.25) is 0 Å². The number of rotatable bonds is 3. The first-order valence-corrected chi connectivity index (χ1v) is 5.66. The van der Waals surface area contributed by atoms with Crippen molar-refractivity contribution >= 4 is 6.29 Å². The molecule has 2 heteroatoms. The molecule has 0 spiro atoms. The lowest BCUT2D eigenvalue weighted by molar-refractivity contribution is 0.112. The Morgan fingerprint density at radius 3 is 1.88 bits per heavy atom. The van der Waals surface area contributed by atoms with E-state index in [4.69, 9.17) is 4.74 Å². The van der Waals surface area contributed by atoms with Crippen LogP contribution < -0.4 is 4.74 Å². The number of para-hydroxylation sites is 1. The highest BCUT2D eigenvalue weighted by Gasteiger charge is 1.95. The zero-order valence-electron chi connectivity index (χ0n) is 10.1.